The zero-order chi connectivity index (χ0) is 21.2. The summed E-state index contributed by atoms with van der Waals surface area (Å²) in [5.74, 6) is 1.77. The number of fused-ring (bicyclic) bond motifs is 1. The molecule has 6 heteroatoms. The van der Waals surface area contributed by atoms with Crippen molar-refractivity contribution in [2.24, 2.45) is 0 Å². The first-order valence-corrected chi connectivity index (χ1v) is 10.5. The van der Waals surface area contributed by atoms with Crippen LogP contribution in [0.5, 0.6) is 5.75 Å². The number of likely N-dealkylation sites (tertiary alicyclic amines) is 1. The average Bonchev–Trinajstić information content (AvgIpc) is 3.33. The molecule has 0 aliphatic carbocycles. The van der Waals surface area contributed by atoms with Crippen LogP contribution in [0.25, 0.3) is 22.2 Å². The van der Waals surface area contributed by atoms with Crippen molar-refractivity contribution < 1.29 is 14.1 Å². The van der Waals surface area contributed by atoms with Gasteiger partial charge in [0.1, 0.15) is 11.8 Å². The Morgan fingerprint density at radius 3 is 2.65 bits per heavy atom. The minimum atomic E-state index is -0.216. The van der Waals surface area contributed by atoms with Gasteiger partial charge in [-0.3, -0.25) is 4.79 Å². The van der Waals surface area contributed by atoms with Gasteiger partial charge >= 0.3 is 0 Å². The predicted octanol–water partition coefficient (Wildman–Crippen LogP) is 5.27. The normalized spacial score (nSPS) is 16.4. The Kier molecular flexibility index (Phi) is 5.12. The molecule has 0 radical (unpaired) electrons. The summed E-state index contributed by atoms with van der Waals surface area (Å²) in [5, 5.41) is 6.34. The van der Waals surface area contributed by atoms with E-state index in [0.717, 1.165) is 41.3 Å². The van der Waals surface area contributed by atoms with Crippen LogP contribution in [0.15, 0.2) is 71.3 Å². The van der Waals surface area contributed by atoms with Crippen LogP contribution < -0.4 is 4.74 Å². The van der Waals surface area contributed by atoms with Crippen molar-refractivity contribution in [3.8, 4) is 17.1 Å². The summed E-state index contributed by atoms with van der Waals surface area (Å²) < 4.78 is 10.8. The molecule has 1 amide bonds. The average molecular weight is 413 g/mol. The molecule has 0 N–H and O–H groups in total. The fourth-order valence-corrected chi connectivity index (χ4v) is 4.15. The maximum atomic E-state index is 13.4. The van der Waals surface area contributed by atoms with Gasteiger partial charge in [0.15, 0.2) is 0 Å². The van der Waals surface area contributed by atoms with E-state index in [9.17, 15) is 4.79 Å². The van der Waals surface area contributed by atoms with Crippen LogP contribution in [0, 0.1) is 0 Å². The minimum Gasteiger partial charge on any atom is -0.497 e. The first kappa shape index (κ1) is 19.3. The second kappa shape index (κ2) is 8.22. The number of hydrogen-bond donors (Lipinski definition) is 0. The van der Waals surface area contributed by atoms with Crippen molar-refractivity contribution in [2.75, 3.05) is 13.7 Å². The third-order valence-corrected chi connectivity index (χ3v) is 5.84. The lowest BCUT2D eigenvalue weighted by atomic mass is 9.99. The molecule has 2 heterocycles. The Bertz CT molecular complexity index is 1220. The topological polar surface area (TPSA) is 68.5 Å². The number of carbonyl (C=O) groups is 1. The zero-order valence-electron chi connectivity index (χ0n) is 17.3. The van der Waals surface area contributed by atoms with Crippen LogP contribution in [-0.4, -0.2) is 34.6 Å². The summed E-state index contributed by atoms with van der Waals surface area (Å²) in [6.45, 7) is 0.677. The Labute approximate surface area is 180 Å². The molecule has 0 saturated carbocycles. The molecule has 1 unspecified atom stereocenters. The molecular weight excluding hydrogens is 390 g/mol. The fraction of sp³-hybridized carbons (Fsp3) is 0.240. The number of methoxy groups -OCH3 is 1. The Morgan fingerprint density at radius 2 is 1.84 bits per heavy atom. The van der Waals surface area contributed by atoms with Crippen molar-refractivity contribution in [3.05, 3.63) is 78.2 Å². The van der Waals surface area contributed by atoms with Crippen LogP contribution >= 0.6 is 0 Å². The van der Waals surface area contributed by atoms with Gasteiger partial charge in [0.25, 0.3) is 5.91 Å². The van der Waals surface area contributed by atoms with Gasteiger partial charge in [0.2, 0.25) is 11.7 Å². The minimum absolute atomic E-state index is 0.000324. The molecule has 31 heavy (non-hydrogen) atoms. The number of nitrogens with zero attached hydrogens (tertiary/aromatic N) is 3. The summed E-state index contributed by atoms with van der Waals surface area (Å²) in [6.07, 6.45) is 2.80. The summed E-state index contributed by atoms with van der Waals surface area (Å²) in [7, 11) is 1.63. The van der Waals surface area contributed by atoms with E-state index in [-0.39, 0.29) is 11.9 Å². The first-order valence-electron chi connectivity index (χ1n) is 10.5. The highest BCUT2D eigenvalue weighted by Gasteiger charge is 2.33. The number of piperidine rings is 1. The smallest absolute Gasteiger partial charge is 0.254 e. The number of hydrogen-bond acceptors (Lipinski definition) is 5. The van der Waals surface area contributed by atoms with Crippen LogP contribution in [0.1, 0.15) is 41.6 Å². The van der Waals surface area contributed by atoms with E-state index < -0.39 is 0 Å². The summed E-state index contributed by atoms with van der Waals surface area (Å²) in [4.78, 5) is 19.9. The maximum absolute atomic E-state index is 13.4. The summed E-state index contributed by atoms with van der Waals surface area (Å²) in [6, 6.07) is 21.2. The fourth-order valence-electron chi connectivity index (χ4n) is 4.15. The van der Waals surface area contributed by atoms with E-state index in [1.165, 1.54) is 0 Å². The van der Waals surface area contributed by atoms with Crippen LogP contribution in [0.2, 0.25) is 0 Å². The van der Waals surface area contributed by atoms with E-state index in [1.54, 1.807) is 7.11 Å². The number of rotatable bonds is 4. The molecule has 1 fully saturated rings. The third kappa shape index (κ3) is 3.77. The molecule has 1 atom stereocenters. The van der Waals surface area contributed by atoms with Crippen molar-refractivity contribution in [1.82, 2.24) is 15.0 Å². The lowest BCUT2D eigenvalue weighted by molar-refractivity contribution is 0.0561. The largest absolute Gasteiger partial charge is 0.497 e. The van der Waals surface area contributed by atoms with Gasteiger partial charge in [0.05, 0.1) is 7.11 Å². The van der Waals surface area contributed by atoms with Gasteiger partial charge in [-0.2, -0.15) is 4.98 Å². The highest BCUT2D eigenvalue weighted by Crippen LogP contribution is 2.33. The molecule has 156 valence electrons. The summed E-state index contributed by atoms with van der Waals surface area (Å²) >= 11 is 0. The molecule has 1 saturated heterocycles. The molecule has 0 spiro atoms. The number of benzene rings is 3. The Hall–Kier alpha value is -3.67. The van der Waals surface area contributed by atoms with Crippen molar-refractivity contribution in [3.63, 3.8) is 0 Å². The van der Waals surface area contributed by atoms with E-state index in [2.05, 4.69) is 10.1 Å². The van der Waals surface area contributed by atoms with Crippen molar-refractivity contribution in [1.29, 1.82) is 0 Å². The molecule has 6 nitrogen and oxygen atoms in total. The zero-order valence-corrected chi connectivity index (χ0v) is 17.3. The second-order valence-corrected chi connectivity index (χ2v) is 7.76. The van der Waals surface area contributed by atoms with Crippen LogP contribution in [0.4, 0.5) is 0 Å². The molecule has 1 aromatic heterocycles. The number of ether oxygens (including phenoxy) is 1. The van der Waals surface area contributed by atoms with Gasteiger partial charge < -0.3 is 14.2 Å². The summed E-state index contributed by atoms with van der Waals surface area (Å²) in [5.41, 5.74) is 1.53. The van der Waals surface area contributed by atoms with E-state index in [1.807, 2.05) is 71.6 Å². The molecule has 3 aromatic carbocycles. The van der Waals surface area contributed by atoms with Gasteiger partial charge in [-0.15, -0.1) is 0 Å². The highest BCUT2D eigenvalue weighted by atomic mass is 16.5. The van der Waals surface area contributed by atoms with Crippen molar-refractivity contribution >= 4 is 16.7 Å². The molecule has 1 aliphatic heterocycles. The number of amides is 1. The standard InChI is InChI=1S/C25H23N3O3/c1-30-21-13-11-18(12-14-21)23-26-24(31-27-23)22-8-4-5-15-28(22)25(29)20-10-9-17-6-2-3-7-19(17)16-20/h2-3,6-7,9-14,16,22H,4-5,8,15H2,1H3. The quantitative estimate of drug-likeness (QED) is 0.456. The molecule has 4 aromatic rings. The third-order valence-electron chi connectivity index (χ3n) is 5.84. The Morgan fingerprint density at radius 1 is 1.03 bits per heavy atom. The molecular formula is C25H23N3O3. The monoisotopic (exact) mass is 413 g/mol. The SMILES string of the molecule is COc1ccc(-c2noc(C3CCCCN3C(=O)c3ccc4ccccc4c3)n2)cc1. The predicted molar refractivity (Wildman–Crippen MR) is 118 cm³/mol. The second-order valence-electron chi connectivity index (χ2n) is 7.76. The van der Waals surface area contributed by atoms with E-state index in [0.29, 0.717) is 23.8 Å². The van der Waals surface area contributed by atoms with Crippen LogP contribution in [0.3, 0.4) is 0 Å². The van der Waals surface area contributed by atoms with Gasteiger partial charge in [0, 0.05) is 17.7 Å². The van der Waals surface area contributed by atoms with Gasteiger partial charge in [-0.1, -0.05) is 35.5 Å². The lowest BCUT2D eigenvalue weighted by Crippen LogP contribution is -2.38. The Balaban J connectivity index is 1.42. The molecule has 1 aliphatic rings. The number of aromatic nitrogens is 2. The van der Waals surface area contributed by atoms with E-state index in [4.69, 9.17) is 9.26 Å². The van der Waals surface area contributed by atoms with Gasteiger partial charge in [-0.05, 0) is 66.4 Å². The van der Waals surface area contributed by atoms with Crippen LogP contribution in [-0.2, 0) is 0 Å². The van der Waals surface area contributed by atoms with Crippen molar-refractivity contribution in [2.45, 2.75) is 25.3 Å². The first-order chi connectivity index (χ1) is 15.2. The number of carbonyl (C=O) groups excluding carboxylic acids is 1. The highest BCUT2D eigenvalue weighted by molar-refractivity contribution is 5.98. The molecule has 0 bridgehead atoms. The molecule has 5 rings (SSSR count). The van der Waals surface area contributed by atoms with E-state index >= 15 is 0 Å². The lowest BCUT2D eigenvalue weighted by Gasteiger charge is -2.33. The maximum Gasteiger partial charge on any atom is 0.254 e. The van der Waals surface area contributed by atoms with Gasteiger partial charge in [-0.25, -0.2) is 0 Å².